The van der Waals surface area contributed by atoms with Crippen molar-refractivity contribution in [3.05, 3.63) is 12.3 Å². The monoisotopic (exact) mass is 192 g/mol. The van der Waals surface area contributed by atoms with Gasteiger partial charge in [-0.1, -0.05) is 0 Å². The van der Waals surface area contributed by atoms with Gasteiger partial charge in [-0.05, 0) is 25.8 Å². The Bertz CT molecular complexity index is 309. The third-order valence-electron chi connectivity index (χ3n) is 2.49. The van der Waals surface area contributed by atoms with Gasteiger partial charge in [0.05, 0.1) is 0 Å². The Kier molecular flexibility index (Phi) is 2.52. The van der Waals surface area contributed by atoms with Crippen LogP contribution in [0.3, 0.4) is 0 Å². The van der Waals surface area contributed by atoms with Crippen LogP contribution >= 0.6 is 0 Å². The summed E-state index contributed by atoms with van der Waals surface area (Å²) >= 11 is 0. The zero-order valence-electron chi connectivity index (χ0n) is 8.70. The lowest BCUT2D eigenvalue weighted by Crippen LogP contribution is -2.26. The van der Waals surface area contributed by atoms with Crippen molar-refractivity contribution in [1.82, 2.24) is 9.97 Å². The quantitative estimate of drug-likeness (QED) is 0.785. The summed E-state index contributed by atoms with van der Waals surface area (Å²) in [6.07, 6.45) is 4.40. The Morgan fingerprint density at radius 3 is 2.93 bits per heavy atom. The lowest BCUT2D eigenvalue weighted by atomic mass is 10.4. The van der Waals surface area contributed by atoms with E-state index in [-0.39, 0.29) is 0 Å². The first-order valence-corrected chi connectivity index (χ1v) is 5.12. The molecule has 1 saturated carbocycles. The summed E-state index contributed by atoms with van der Waals surface area (Å²) in [5, 5.41) is 2.96. The number of nitrogens with zero attached hydrogens (tertiary/aromatic N) is 3. The van der Waals surface area contributed by atoms with Gasteiger partial charge in [0, 0.05) is 25.8 Å². The van der Waals surface area contributed by atoms with Crippen LogP contribution in [-0.4, -0.2) is 29.6 Å². The summed E-state index contributed by atoms with van der Waals surface area (Å²) in [5.41, 5.74) is 0. The minimum absolute atomic E-state index is 0.696. The molecule has 2 rings (SSSR count). The number of anilines is 2. The Labute approximate surface area is 84.4 Å². The van der Waals surface area contributed by atoms with Gasteiger partial charge in [0.25, 0.3) is 0 Å². The fraction of sp³-hybridized carbons (Fsp3) is 0.600. The Hall–Kier alpha value is -1.32. The predicted molar refractivity (Wildman–Crippen MR) is 57.6 cm³/mol. The summed E-state index contributed by atoms with van der Waals surface area (Å²) in [6.45, 7) is 3.18. The molecule has 0 spiro atoms. The second kappa shape index (κ2) is 3.82. The summed E-state index contributed by atoms with van der Waals surface area (Å²) < 4.78 is 0. The molecule has 0 amide bonds. The van der Waals surface area contributed by atoms with E-state index in [1.54, 1.807) is 6.20 Å². The lowest BCUT2D eigenvalue weighted by molar-refractivity contribution is 0.806. The van der Waals surface area contributed by atoms with Crippen LogP contribution < -0.4 is 10.2 Å². The maximum absolute atomic E-state index is 4.43. The minimum atomic E-state index is 0.696. The van der Waals surface area contributed by atoms with E-state index >= 15 is 0 Å². The van der Waals surface area contributed by atoms with Crippen LogP contribution in [0.15, 0.2) is 12.3 Å². The van der Waals surface area contributed by atoms with Crippen molar-refractivity contribution in [1.29, 1.82) is 0 Å². The van der Waals surface area contributed by atoms with Gasteiger partial charge in [-0.3, -0.25) is 0 Å². The molecule has 0 radical (unpaired) electrons. The Balaban J connectivity index is 2.20. The molecule has 1 aromatic heterocycles. The van der Waals surface area contributed by atoms with Gasteiger partial charge < -0.3 is 10.2 Å². The summed E-state index contributed by atoms with van der Waals surface area (Å²) in [7, 11) is 1.84. The van der Waals surface area contributed by atoms with Gasteiger partial charge in [-0.2, -0.15) is 4.98 Å². The van der Waals surface area contributed by atoms with Crippen molar-refractivity contribution < 1.29 is 0 Å². The van der Waals surface area contributed by atoms with E-state index in [1.807, 2.05) is 13.1 Å². The molecule has 1 aliphatic rings. The molecular weight excluding hydrogens is 176 g/mol. The van der Waals surface area contributed by atoms with E-state index in [4.69, 9.17) is 0 Å². The highest BCUT2D eigenvalue weighted by Crippen LogP contribution is 2.30. The van der Waals surface area contributed by atoms with E-state index in [0.29, 0.717) is 12.0 Å². The fourth-order valence-corrected chi connectivity index (χ4v) is 1.62. The SMILES string of the molecule is CCN(c1ccnc(NC)n1)C1CC1. The van der Waals surface area contributed by atoms with Crippen LogP contribution in [-0.2, 0) is 0 Å². The Morgan fingerprint density at radius 2 is 2.36 bits per heavy atom. The van der Waals surface area contributed by atoms with Crippen molar-refractivity contribution in [2.24, 2.45) is 0 Å². The molecule has 76 valence electrons. The van der Waals surface area contributed by atoms with Gasteiger partial charge >= 0.3 is 0 Å². The fourth-order valence-electron chi connectivity index (χ4n) is 1.62. The third kappa shape index (κ3) is 1.78. The van der Waals surface area contributed by atoms with Crippen molar-refractivity contribution in [3.63, 3.8) is 0 Å². The van der Waals surface area contributed by atoms with Gasteiger partial charge in [0.1, 0.15) is 5.82 Å². The number of aromatic nitrogens is 2. The molecule has 4 nitrogen and oxygen atoms in total. The van der Waals surface area contributed by atoms with E-state index in [0.717, 1.165) is 12.4 Å². The largest absolute Gasteiger partial charge is 0.357 e. The number of nitrogens with one attached hydrogen (secondary N) is 1. The molecule has 1 N–H and O–H groups in total. The van der Waals surface area contributed by atoms with Crippen LogP contribution in [0, 0.1) is 0 Å². The van der Waals surface area contributed by atoms with Crippen LogP contribution in [0.5, 0.6) is 0 Å². The highest BCUT2D eigenvalue weighted by Gasteiger charge is 2.28. The van der Waals surface area contributed by atoms with Crippen molar-refractivity contribution in [3.8, 4) is 0 Å². The van der Waals surface area contributed by atoms with E-state index in [9.17, 15) is 0 Å². The molecular formula is C10H16N4. The zero-order chi connectivity index (χ0) is 9.97. The molecule has 1 heterocycles. The summed E-state index contributed by atoms with van der Waals surface area (Å²) in [4.78, 5) is 10.9. The zero-order valence-corrected chi connectivity index (χ0v) is 8.70. The lowest BCUT2D eigenvalue weighted by Gasteiger charge is -2.21. The average Bonchev–Trinajstić information content (AvgIpc) is 3.04. The van der Waals surface area contributed by atoms with E-state index in [1.165, 1.54) is 12.8 Å². The standard InChI is InChI=1S/C10H16N4/c1-3-14(8-4-5-8)9-6-7-12-10(11-2)13-9/h6-8H,3-5H2,1-2H3,(H,11,12,13). The first-order valence-electron chi connectivity index (χ1n) is 5.12. The van der Waals surface area contributed by atoms with Gasteiger partial charge in [-0.25, -0.2) is 4.98 Å². The van der Waals surface area contributed by atoms with Crippen LogP contribution in [0.4, 0.5) is 11.8 Å². The average molecular weight is 192 g/mol. The first-order chi connectivity index (χ1) is 6.85. The van der Waals surface area contributed by atoms with E-state index in [2.05, 4.69) is 27.1 Å². The van der Waals surface area contributed by atoms with Crippen LogP contribution in [0.25, 0.3) is 0 Å². The molecule has 0 bridgehead atoms. The molecule has 0 unspecified atom stereocenters. The molecule has 1 aromatic rings. The normalized spacial score (nSPS) is 15.3. The second-order valence-electron chi connectivity index (χ2n) is 3.51. The van der Waals surface area contributed by atoms with Crippen molar-refractivity contribution in [2.75, 3.05) is 23.8 Å². The van der Waals surface area contributed by atoms with Gasteiger partial charge in [-0.15, -0.1) is 0 Å². The molecule has 1 fully saturated rings. The number of rotatable bonds is 4. The minimum Gasteiger partial charge on any atom is -0.357 e. The maximum atomic E-state index is 4.43. The predicted octanol–water partition coefficient (Wildman–Crippen LogP) is 1.51. The summed E-state index contributed by atoms with van der Waals surface area (Å²) in [6, 6.07) is 2.68. The van der Waals surface area contributed by atoms with E-state index < -0.39 is 0 Å². The molecule has 0 saturated heterocycles. The molecule has 0 atom stereocenters. The smallest absolute Gasteiger partial charge is 0.224 e. The maximum Gasteiger partial charge on any atom is 0.224 e. The molecule has 14 heavy (non-hydrogen) atoms. The summed E-state index contributed by atoms with van der Waals surface area (Å²) in [5.74, 6) is 1.73. The first kappa shape index (κ1) is 9.24. The third-order valence-corrected chi connectivity index (χ3v) is 2.49. The molecule has 4 heteroatoms. The highest BCUT2D eigenvalue weighted by atomic mass is 15.3. The second-order valence-corrected chi connectivity index (χ2v) is 3.51. The highest BCUT2D eigenvalue weighted by molar-refractivity contribution is 5.44. The van der Waals surface area contributed by atoms with Gasteiger partial charge in [0.2, 0.25) is 5.95 Å². The molecule has 0 aromatic carbocycles. The van der Waals surface area contributed by atoms with Crippen LogP contribution in [0.2, 0.25) is 0 Å². The number of hydrogen-bond donors (Lipinski definition) is 1. The van der Waals surface area contributed by atoms with Crippen LogP contribution in [0.1, 0.15) is 19.8 Å². The van der Waals surface area contributed by atoms with Crippen molar-refractivity contribution in [2.45, 2.75) is 25.8 Å². The van der Waals surface area contributed by atoms with Gasteiger partial charge in [0.15, 0.2) is 0 Å². The molecule has 0 aliphatic heterocycles. The topological polar surface area (TPSA) is 41.1 Å². The number of hydrogen-bond acceptors (Lipinski definition) is 4. The molecule has 1 aliphatic carbocycles. The van der Waals surface area contributed by atoms with Crippen molar-refractivity contribution >= 4 is 11.8 Å². The Morgan fingerprint density at radius 1 is 1.57 bits per heavy atom.